The van der Waals surface area contributed by atoms with E-state index < -0.39 is 6.36 Å². The number of hydrogen-bond acceptors (Lipinski definition) is 3. The van der Waals surface area contributed by atoms with Crippen LogP contribution in [0.1, 0.15) is 12.8 Å². The van der Waals surface area contributed by atoms with Crippen molar-refractivity contribution in [2.24, 2.45) is 10.7 Å². The molecule has 27 heavy (non-hydrogen) atoms. The number of aromatic nitrogens is 1. The maximum Gasteiger partial charge on any atom is 0.573 e. The molecule has 0 amide bonds. The molecule has 0 bridgehead atoms. The molecule has 0 aliphatic carbocycles. The number of pyridine rings is 1. The van der Waals surface area contributed by atoms with Gasteiger partial charge in [0, 0.05) is 25.4 Å². The van der Waals surface area contributed by atoms with Crippen LogP contribution in [0, 0.1) is 0 Å². The molecule has 1 aromatic heterocycles. The molecule has 0 radical (unpaired) electrons. The lowest BCUT2D eigenvalue weighted by Gasteiger charge is -2.14. The summed E-state index contributed by atoms with van der Waals surface area (Å²) >= 11 is 0. The molecule has 2 aromatic rings. The van der Waals surface area contributed by atoms with E-state index in [9.17, 15) is 18.0 Å². The lowest BCUT2D eigenvalue weighted by molar-refractivity contribution is -0.274. The van der Waals surface area contributed by atoms with E-state index in [-0.39, 0.29) is 46.9 Å². The van der Waals surface area contributed by atoms with Crippen molar-refractivity contribution in [1.82, 2.24) is 4.57 Å². The van der Waals surface area contributed by atoms with Crippen LogP contribution in [-0.2, 0) is 6.54 Å². The zero-order chi connectivity index (χ0) is 19.0. The van der Waals surface area contributed by atoms with Crippen molar-refractivity contribution < 1.29 is 17.9 Å². The van der Waals surface area contributed by atoms with Gasteiger partial charge in [0.2, 0.25) is 5.56 Å². The summed E-state index contributed by atoms with van der Waals surface area (Å²) in [4.78, 5) is 15.6. The summed E-state index contributed by atoms with van der Waals surface area (Å²) in [5.74, 6) is -0.401. The molecule has 0 aliphatic heterocycles. The summed E-state index contributed by atoms with van der Waals surface area (Å²) in [6, 6.07) is 10.5. The topological polar surface area (TPSA) is 81.6 Å². The highest BCUT2D eigenvalue weighted by molar-refractivity contribution is 14.0. The first kappa shape index (κ1) is 22.8. The Labute approximate surface area is 171 Å². The number of nitrogens with two attached hydrogens (primary N) is 1. The minimum atomic E-state index is -4.79. The Morgan fingerprint density at radius 3 is 2.56 bits per heavy atom. The van der Waals surface area contributed by atoms with E-state index in [1.54, 1.807) is 29.0 Å². The van der Waals surface area contributed by atoms with E-state index in [1.165, 1.54) is 24.3 Å². The quantitative estimate of drug-likeness (QED) is 0.266. The molecule has 0 saturated carbocycles. The number of aryl methyl sites for hydroxylation is 1. The van der Waals surface area contributed by atoms with Gasteiger partial charge in [0.05, 0.1) is 5.69 Å². The standard InChI is InChI=1S/C17H19F3N4O2.HI/c18-17(19,20)26-14-8-2-1-7-13(14)23-16(21)22-10-4-6-12-24-11-5-3-9-15(24)25;/h1-3,5,7-9,11H,4,6,10,12H2,(H3,21,22,23);1H. The van der Waals surface area contributed by atoms with Crippen LogP contribution in [0.5, 0.6) is 5.75 Å². The first-order chi connectivity index (χ1) is 12.3. The molecule has 0 saturated heterocycles. The molecule has 10 heteroatoms. The molecule has 3 N–H and O–H groups in total. The molecule has 0 spiro atoms. The third-order valence-electron chi connectivity index (χ3n) is 3.36. The Balaban J connectivity index is 0.00000364. The van der Waals surface area contributed by atoms with E-state index in [0.29, 0.717) is 25.9 Å². The highest BCUT2D eigenvalue weighted by Crippen LogP contribution is 2.29. The molecular weight excluding hydrogens is 476 g/mol. The Hall–Kier alpha value is -2.24. The first-order valence-corrected chi connectivity index (χ1v) is 7.92. The number of unbranched alkanes of at least 4 members (excludes halogenated alkanes) is 1. The monoisotopic (exact) mass is 496 g/mol. The third kappa shape index (κ3) is 8.33. The van der Waals surface area contributed by atoms with Crippen molar-refractivity contribution in [1.29, 1.82) is 0 Å². The number of nitrogens with zero attached hydrogens (tertiary/aromatic N) is 2. The van der Waals surface area contributed by atoms with Crippen LogP contribution in [0.15, 0.2) is 58.4 Å². The molecule has 148 valence electrons. The van der Waals surface area contributed by atoms with E-state index in [2.05, 4.69) is 15.0 Å². The van der Waals surface area contributed by atoms with Crippen LogP contribution in [0.4, 0.5) is 18.9 Å². The molecule has 0 fully saturated rings. The summed E-state index contributed by atoms with van der Waals surface area (Å²) in [5.41, 5.74) is 5.70. The van der Waals surface area contributed by atoms with Crippen molar-refractivity contribution in [2.75, 3.05) is 11.9 Å². The Morgan fingerprint density at radius 1 is 1.15 bits per heavy atom. The fraction of sp³-hybridized carbons (Fsp3) is 0.294. The number of nitrogens with one attached hydrogen (secondary N) is 1. The molecule has 1 aromatic carbocycles. The summed E-state index contributed by atoms with van der Waals surface area (Å²) < 4.78 is 42.7. The van der Waals surface area contributed by atoms with Gasteiger partial charge in [0.25, 0.3) is 0 Å². The number of rotatable bonds is 7. The molecule has 0 unspecified atom stereocenters. The van der Waals surface area contributed by atoms with Crippen LogP contribution in [-0.4, -0.2) is 23.4 Å². The van der Waals surface area contributed by atoms with Crippen LogP contribution >= 0.6 is 24.0 Å². The van der Waals surface area contributed by atoms with Gasteiger partial charge >= 0.3 is 6.36 Å². The summed E-state index contributed by atoms with van der Waals surface area (Å²) in [7, 11) is 0. The lowest BCUT2D eigenvalue weighted by atomic mass is 10.3. The van der Waals surface area contributed by atoms with Crippen molar-refractivity contribution >= 4 is 35.6 Å². The number of ether oxygens (including phenoxy) is 1. The second-order valence-electron chi connectivity index (χ2n) is 5.38. The van der Waals surface area contributed by atoms with Gasteiger partial charge < -0.3 is 20.4 Å². The third-order valence-corrected chi connectivity index (χ3v) is 3.36. The Bertz CT molecular complexity index is 809. The number of hydrogen-bond donors (Lipinski definition) is 2. The smallest absolute Gasteiger partial charge is 0.404 e. The van der Waals surface area contributed by atoms with Crippen LogP contribution in [0.2, 0.25) is 0 Å². The number of benzene rings is 1. The minimum absolute atomic E-state index is 0. The number of guanidine groups is 1. The van der Waals surface area contributed by atoms with E-state index >= 15 is 0 Å². The molecule has 0 aliphatic rings. The lowest BCUT2D eigenvalue weighted by Crippen LogP contribution is -2.24. The van der Waals surface area contributed by atoms with Crippen LogP contribution in [0.25, 0.3) is 0 Å². The van der Waals surface area contributed by atoms with Gasteiger partial charge in [-0.2, -0.15) is 0 Å². The normalized spacial score (nSPS) is 11.6. The largest absolute Gasteiger partial charge is 0.573 e. The maximum atomic E-state index is 12.4. The number of aliphatic imine (C=N–C) groups is 1. The highest BCUT2D eigenvalue weighted by atomic mass is 127. The number of halogens is 4. The molecule has 2 rings (SSSR count). The second-order valence-corrected chi connectivity index (χ2v) is 5.38. The Morgan fingerprint density at radius 2 is 1.85 bits per heavy atom. The minimum Gasteiger partial charge on any atom is -0.404 e. The van der Waals surface area contributed by atoms with E-state index in [1.807, 2.05) is 0 Å². The summed E-state index contributed by atoms with van der Waals surface area (Å²) in [5, 5.41) is 2.60. The number of anilines is 1. The fourth-order valence-corrected chi connectivity index (χ4v) is 2.20. The van der Waals surface area contributed by atoms with Crippen LogP contribution in [0.3, 0.4) is 0 Å². The van der Waals surface area contributed by atoms with Crippen LogP contribution < -0.4 is 21.3 Å². The van der Waals surface area contributed by atoms with Gasteiger partial charge in [0.1, 0.15) is 0 Å². The summed E-state index contributed by atoms with van der Waals surface area (Å²) in [6.45, 7) is 0.938. The molecule has 0 atom stereocenters. The second kappa shape index (κ2) is 10.8. The number of alkyl halides is 3. The molecule has 6 nitrogen and oxygen atoms in total. The van der Waals surface area contributed by atoms with Crippen molar-refractivity contribution in [3.05, 3.63) is 59.0 Å². The predicted octanol–water partition coefficient (Wildman–Crippen LogP) is 3.57. The highest BCUT2D eigenvalue weighted by Gasteiger charge is 2.32. The predicted molar refractivity (Wildman–Crippen MR) is 109 cm³/mol. The average Bonchev–Trinajstić information content (AvgIpc) is 2.56. The molecule has 1 heterocycles. The van der Waals surface area contributed by atoms with Crippen molar-refractivity contribution in [2.45, 2.75) is 25.7 Å². The van der Waals surface area contributed by atoms with Crippen molar-refractivity contribution in [3.63, 3.8) is 0 Å². The number of para-hydroxylation sites is 2. The van der Waals surface area contributed by atoms with E-state index in [4.69, 9.17) is 5.73 Å². The van der Waals surface area contributed by atoms with Gasteiger partial charge in [-0.25, -0.2) is 0 Å². The van der Waals surface area contributed by atoms with Gasteiger partial charge in [-0.1, -0.05) is 18.2 Å². The zero-order valence-corrected chi connectivity index (χ0v) is 16.6. The van der Waals surface area contributed by atoms with E-state index in [0.717, 1.165) is 0 Å². The van der Waals surface area contributed by atoms with Gasteiger partial charge in [-0.05, 0) is 31.0 Å². The van der Waals surface area contributed by atoms with Crippen molar-refractivity contribution in [3.8, 4) is 5.75 Å². The first-order valence-electron chi connectivity index (χ1n) is 7.92. The van der Waals surface area contributed by atoms with Gasteiger partial charge in [-0.3, -0.25) is 9.79 Å². The average molecular weight is 496 g/mol. The fourth-order valence-electron chi connectivity index (χ4n) is 2.20. The SMILES string of the molecule is I.NC(=NCCCCn1ccccc1=O)Nc1ccccc1OC(F)(F)F. The summed E-state index contributed by atoms with van der Waals surface area (Å²) in [6.07, 6.45) is -1.70. The van der Waals surface area contributed by atoms with Gasteiger partial charge in [0.15, 0.2) is 11.7 Å². The molecular formula is C17H20F3IN4O2. The Kier molecular flexibility index (Phi) is 9.12. The maximum absolute atomic E-state index is 12.4. The zero-order valence-electron chi connectivity index (χ0n) is 14.3. The van der Waals surface area contributed by atoms with Gasteiger partial charge in [-0.15, -0.1) is 37.1 Å².